The highest BCUT2D eigenvalue weighted by Crippen LogP contribution is 2.34. The molecule has 0 spiro atoms. The molecule has 120 valence electrons. The first-order valence-corrected chi connectivity index (χ1v) is 8.39. The van der Waals surface area contributed by atoms with Gasteiger partial charge in [0.05, 0.1) is 5.69 Å². The zero-order valence-electron chi connectivity index (χ0n) is 13.8. The van der Waals surface area contributed by atoms with Crippen molar-refractivity contribution in [1.82, 2.24) is 9.97 Å². The maximum absolute atomic E-state index is 4.72. The lowest BCUT2D eigenvalue weighted by molar-refractivity contribution is 1.08. The standard InChI is InChI=1S/C23H18N2/c1-3-8-18(9-4-1)16-22-23(19-10-5-2-6-11-19)21(13-15-25-22)20-12-7-14-24-17-20/h1-15,17H,16H2. The van der Waals surface area contributed by atoms with E-state index < -0.39 is 0 Å². The molecule has 4 rings (SSSR count). The Balaban J connectivity index is 1.89. The number of hydrogen-bond donors (Lipinski definition) is 0. The number of aromatic nitrogens is 2. The predicted molar refractivity (Wildman–Crippen MR) is 102 cm³/mol. The van der Waals surface area contributed by atoms with E-state index in [0.717, 1.165) is 17.7 Å². The Hall–Kier alpha value is -3.26. The minimum absolute atomic E-state index is 0.805. The average Bonchev–Trinajstić information content (AvgIpc) is 2.70. The Kier molecular flexibility index (Phi) is 4.34. The van der Waals surface area contributed by atoms with Gasteiger partial charge in [0.15, 0.2) is 0 Å². The molecule has 0 atom stereocenters. The zero-order valence-corrected chi connectivity index (χ0v) is 13.8. The third-order valence-electron chi connectivity index (χ3n) is 4.28. The summed E-state index contributed by atoms with van der Waals surface area (Å²) in [6, 6.07) is 27.1. The normalized spacial score (nSPS) is 10.6. The van der Waals surface area contributed by atoms with Crippen LogP contribution >= 0.6 is 0 Å². The molecule has 0 bridgehead atoms. The lowest BCUT2D eigenvalue weighted by Gasteiger charge is -2.15. The van der Waals surface area contributed by atoms with Crippen LogP contribution in [0.25, 0.3) is 22.3 Å². The van der Waals surface area contributed by atoms with Gasteiger partial charge in [-0.2, -0.15) is 0 Å². The number of benzene rings is 2. The maximum atomic E-state index is 4.72. The third kappa shape index (κ3) is 3.33. The summed E-state index contributed by atoms with van der Waals surface area (Å²) < 4.78 is 0. The van der Waals surface area contributed by atoms with E-state index in [1.165, 1.54) is 22.3 Å². The number of hydrogen-bond acceptors (Lipinski definition) is 2. The first kappa shape index (κ1) is 15.3. The lowest BCUT2D eigenvalue weighted by Crippen LogP contribution is -1.98. The molecule has 0 saturated carbocycles. The first-order valence-electron chi connectivity index (χ1n) is 8.39. The molecule has 0 unspecified atom stereocenters. The molecule has 0 aliphatic heterocycles. The van der Waals surface area contributed by atoms with Crippen molar-refractivity contribution in [2.24, 2.45) is 0 Å². The van der Waals surface area contributed by atoms with Crippen LogP contribution in [0, 0.1) is 0 Å². The summed E-state index contributed by atoms with van der Waals surface area (Å²) in [6.45, 7) is 0. The fourth-order valence-electron chi connectivity index (χ4n) is 3.12. The Morgan fingerprint density at radius 1 is 0.640 bits per heavy atom. The molecule has 0 N–H and O–H groups in total. The van der Waals surface area contributed by atoms with Gasteiger partial charge in [-0.3, -0.25) is 9.97 Å². The van der Waals surface area contributed by atoms with Gasteiger partial charge in [0.1, 0.15) is 0 Å². The average molecular weight is 322 g/mol. The topological polar surface area (TPSA) is 25.8 Å². The highest BCUT2D eigenvalue weighted by atomic mass is 14.7. The molecule has 25 heavy (non-hydrogen) atoms. The molecular formula is C23H18N2. The molecule has 0 aliphatic rings. The summed E-state index contributed by atoms with van der Waals surface area (Å²) in [5, 5.41) is 0. The van der Waals surface area contributed by atoms with Gasteiger partial charge in [0, 0.05) is 36.1 Å². The van der Waals surface area contributed by atoms with Gasteiger partial charge in [-0.15, -0.1) is 0 Å². The quantitative estimate of drug-likeness (QED) is 0.502. The van der Waals surface area contributed by atoms with Gasteiger partial charge >= 0.3 is 0 Å². The van der Waals surface area contributed by atoms with E-state index in [9.17, 15) is 0 Å². The molecule has 2 aromatic carbocycles. The Morgan fingerprint density at radius 3 is 2.08 bits per heavy atom. The van der Waals surface area contributed by atoms with E-state index in [1.54, 1.807) is 6.20 Å². The number of nitrogens with zero attached hydrogens (tertiary/aromatic N) is 2. The fourth-order valence-corrected chi connectivity index (χ4v) is 3.12. The van der Waals surface area contributed by atoms with E-state index in [1.807, 2.05) is 30.6 Å². The van der Waals surface area contributed by atoms with Crippen molar-refractivity contribution in [2.75, 3.05) is 0 Å². The van der Waals surface area contributed by atoms with Crippen molar-refractivity contribution < 1.29 is 0 Å². The van der Waals surface area contributed by atoms with E-state index in [4.69, 9.17) is 4.98 Å². The third-order valence-corrected chi connectivity index (χ3v) is 4.28. The van der Waals surface area contributed by atoms with Crippen LogP contribution in [-0.2, 0) is 6.42 Å². The summed E-state index contributed by atoms with van der Waals surface area (Å²) in [7, 11) is 0. The summed E-state index contributed by atoms with van der Waals surface area (Å²) in [4.78, 5) is 9.01. The van der Waals surface area contributed by atoms with Crippen molar-refractivity contribution in [3.63, 3.8) is 0 Å². The Morgan fingerprint density at radius 2 is 1.36 bits per heavy atom. The van der Waals surface area contributed by atoms with Gasteiger partial charge in [0.25, 0.3) is 0 Å². The second-order valence-corrected chi connectivity index (χ2v) is 5.95. The van der Waals surface area contributed by atoms with E-state index in [-0.39, 0.29) is 0 Å². The van der Waals surface area contributed by atoms with Crippen LogP contribution in [0.5, 0.6) is 0 Å². The van der Waals surface area contributed by atoms with Crippen molar-refractivity contribution in [2.45, 2.75) is 6.42 Å². The van der Waals surface area contributed by atoms with Crippen LogP contribution in [-0.4, -0.2) is 9.97 Å². The predicted octanol–water partition coefficient (Wildman–Crippen LogP) is 5.40. The molecule has 0 amide bonds. The SMILES string of the molecule is c1ccc(Cc2nccc(-c3cccnc3)c2-c2ccccc2)cc1. The fraction of sp³-hybridized carbons (Fsp3) is 0.0435. The molecule has 4 aromatic rings. The van der Waals surface area contributed by atoms with Crippen molar-refractivity contribution in [1.29, 1.82) is 0 Å². The minimum atomic E-state index is 0.805. The molecule has 2 heteroatoms. The monoisotopic (exact) mass is 322 g/mol. The van der Waals surface area contributed by atoms with Crippen LogP contribution in [0.4, 0.5) is 0 Å². The minimum Gasteiger partial charge on any atom is -0.264 e. The smallest absolute Gasteiger partial charge is 0.0531 e. The molecule has 2 nitrogen and oxygen atoms in total. The molecule has 0 radical (unpaired) electrons. The van der Waals surface area contributed by atoms with E-state index in [0.29, 0.717) is 0 Å². The van der Waals surface area contributed by atoms with E-state index in [2.05, 4.69) is 65.6 Å². The zero-order chi connectivity index (χ0) is 16.9. The van der Waals surface area contributed by atoms with Crippen LogP contribution in [0.1, 0.15) is 11.3 Å². The molecular weight excluding hydrogens is 304 g/mol. The second kappa shape index (κ2) is 7.10. The highest BCUT2D eigenvalue weighted by molar-refractivity contribution is 5.84. The molecule has 0 fully saturated rings. The molecule has 2 aromatic heterocycles. The maximum Gasteiger partial charge on any atom is 0.0531 e. The molecule has 2 heterocycles. The van der Waals surface area contributed by atoms with Crippen molar-refractivity contribution in [3.8, 4) is 22.3 Å². The van der Waals surface area contributed by atoms with Crippen LogP contribution in [0.15, 0.2) is 97.5 Å². The second-order valence-electron chi connectivity index (χ2n) is 5.95. The van der Waals surface area contributed by atoms with Crippen LogP contribution in [0.3, 0.4) is 0 Å². The van der Waals surface area contributed by atoms with Crippen LogP contribution in [0.2, 0.25) is 0 Å². The first-order chi connectivity index (χ1) is 12.4. The lowest BCUT2D eigenvalue weighted by atomic mass is 9.92. The molecule has 0 aliphatic carbocycles. The van der Waals surface area contributed by atoms with Crippen molar-refractivity contribution >= 4 is 0 Å². The summed E-state index contributed by atoms with van der Waals surface area (Å²) in [5.41, 5.74) is 6.98. The largest absolute Gasteiger partial charge is 0.264 e. The number of rotatable bonds is 4. The van der Waals surface area contributed by atoms with Crippen LogP contribution < -0.4 is 0 Å². The van der Waals surface area contributed by atoms with Gasteiger partial charge in [-0.1, -0.05) is 66.7 Å². The summed E-state index contributed by atoms with van der Waals surface area (Å²) in [5.74, 6) is 0. The van der Waals surface area contributed by atoms with Gasteiger partial charge in [-0.05, 0) is 28.8 Å². The van der Waals surface area contributed by atoms with Gasteiger partial charge in [0.2, 0.25) is 0 Å². The highest BCUT2D eigenvalue weighted by Gasteiger charge is 2.14. The van der Waals surface area contributed by atoms with Crippen molar-refractivity contribution in [3.05, 3.63) is 109 Å². The summed E-state index contributed by atoms with van der Waals surface area (Å²) >= 11 is 0. The molecule has 0 saturated heterocycles. The summed E-state index contributed by atoms with van der Waals surface area (Å²) in [6.07, 6.45) is 6.41. The number of pyridine rings is 2. The van der Waals surface area contributed by atoms with Gasteiger partial charge in [-0.25, -0.2) is 0 Å². The van der Waals surface area contributed by atoms with E-state index >= 15 is 0 Å². The Labute approximate surface area is 147 Å². The Bertz CT molecular complexity index is 949. The van der Waals surface area contributed by atoms with Gasteiger partial charge < -0.3 is 0 Å².